The molecule has 0 amide bonds. The van der Waals surface area contributed by atoms with E-state index in [0.29, 0.717) is 24.9 Å². The van der Waals surface area contributed by atoms with Gasteiger partial charge in [-0.1, -0.05) is 12.1 Å². The van der Waals surface area contributed by atoms with Crippen molar-refractivity contribution >= 4 is 21.4 Å². The molecule has 4 rings (SSSR count). The highest BCUT2D eigenvalue weighted by Gasteiger charge is 2.35. The number of alkyl halides is 5. The van der Waals surface area contributed by atoms with Crippen LogP contribution in [0, 0.1) is 5.82 Å². The molecule has 0 aliphatic carbocycles. The standard InChI is InChI=1S/C25H22F6N2O4S/c1-36-10-9-32-7-8-33(38(34,35)21-4-2-3-18(14-21)25(29,30)31)23-13-16(5-6-22(23)32)17-11-19(26)15-20(12-17)37-24(27)28/h2-6,11-15,24H,7-10H2,1H3. The Morgan fingerprint density at radius 2 is 1.71 bits per heavy atom. The van der Waals surface area contributed by atoms with E-state index in [1.54, 1.807) is 12.1 Å². The van der Waals surface area contributed by atoms with Gasteiger partial charge in [-0.05, 0) is 53.6 Å². The van der Waals surface area contributed by atoms with Gasteiger partial charge in [-0.15, -0.1) is 0 Å². The first-order valence-electron chi connectivity index (χ1n) is 11.2. The number of hydrogen-bond donors (Lipinski definition) is 0. The summed E-state index contributed by atoms with van der Waals surface area (Å²) < 4.78 is 117. The molecule has 0 saturated heterocycles. The number of benzene rings is 3. The summed E-state index contributed by atoms with van der Waals surface area (Å²) in [6.07, 6.45) is -4.75. The predicted molar refractivity (Wildman–Crippen MR) is 129 cm³/mol. The van der Waals surface area contributed by atoms with E-state index >= 15 is 0 Å². The minimum Gasteiger partial charge on any atom is -0.435 e. The maximum absolute atomic E-state index is 14.2. The summed E-state index contributed by atoms with van der Waals surface area (Å²) >= 11 is 0. The molecule has 3 aromatic rings. The van der Waals surface area contributed by atoms with Crippen molar-refractivity contribution in [2.45, 2.75) is 17.7 Å². The van der Waals surface area contributed by atoms with Crippen molar-refractivity contribution in [2.24, 2.45) is 0 Å². The number of anilines is 2. The summed E-state index contributed by atoms with van der Waals surface area (Å²) in [4.78, 5) is 1.30. The highest BCUT2D eigenvalue weighted by atomic mass is 32.2. The third-order valence-corrected chi connectivity index (χ3v) is 7.71. The van der Waals surface area contributed by atoms with Gasteiger partial charge in [0, 0.05) is 26.3 Å². The maximum Gasteiger partial charge on any atom is 0.416 e. The van der Waals surface area contributed by atoms with Gasteiger partial charge in [-0.25, -0.2) is 12.8 Å². The quantitative estimate of drug-likeness (QED) is 0.327. The van der Waals surface area contributed by atoms with Gasteiger partial charge in [0.1, 0.15) is 11.6 Å². The number of methoxy groups -OCH3 is 1. The van der Waals surface area contributed by atoms with Gasteiger partial charge < -0.3 is 14.4 Å². The molecule has 1 aliphatic heterocycles. The Hall–Kier alpha value is -3.45. The normalized spacial score (nSPS) is 14.1. The summed E-state index contributed by atoms with van der Waals surface area (Å²) in [5.41, 5.74) is -0.123. The highest BCUT2D eigenvalue weighted by molar-refractivity contribution is 7.92. The zero-order valence-electron chi connectivity index (χ0n) is 19.9. The van der Waals surface area contributed by atoms with Crippen molar-refractivity contribution in [1.82, 2.24) is 0 Å². The van der Waals surface area contributed by atoms with E-state index < -0.39 is 44.8 Å². The second kappa shape index (κ2) is 10.7. The molecular weight excluding hydrogens is 538 g/mol. The van der Waals surface area contributed by atoms with Crippen LogP contribution in [0.4, 0.5) is 37.7 Å². The van der Waals surface area contributed by atoms with E-state index in [4.69, 9.17) is 4.74 Å². The van der Waals surface area contributed by atoms with Crippen LogP contribution in [0.2, 0.25) is 0 Å². The Balaban J connectivity index is 1.82. The first-order valence-corrected chi connectivity index (χ1v) is 12.7. The van der Waals surface area contributed by atoms with Crippen LogP contribution < -0.4 is 13.9 Å². The fourth-order valence-electron chi connectivity index (χ4n) is 4.17. The average molecular weight is 561 g/mol. The lowest BCUT2D eigenvalue weighted by Crippen LogP contribution is -2.45. The van der Waals surface area contributed by atoms with Crippen molar-refractivity contribution in [3.8, 4) is 16.9 Å². The molecular formula is C25H22F6N2O4S. The molecule has 0 unspecified atom stereocenters. The molecule has 0 fully saturated rings. The minimum absolute atomic E-state index is 0.0956. The van der Waals surface area contributed by atoms with Gasteiger partial charge in [-0.3, -0.25) is 4.31 Å². The van der Waals surface area contributed by atoms with Gasteiger partial charge in [0.15, 0.2) is 0 Å². The molecule has 0 bridgehead atoms. The molecule has 13 heteroatoms. The van der Waals surface area contributed by atoms with Crippen LogP contribution in [-0.4, -0.2) is 48.4 Å². The number of nitrogens with zero attached hydrogens (tertiary/aromatic N) is 2. The van der Waals surface area contributed by atoms with E-state index in [1.807, 2.05) is 4.90 Å². The lowest BCUT2D eigenvalue weighted by molar-refractivity contribution is -0.137. The number of fused-ring (bicyclic) bond motifs is 1. The largest absolute Gasteiger partial charge is 0.435 e. The fraction of sp³-hybridized carbons (Fsp3) is 0.280. The lowest BCUT2D eigenvalue weighted by Gasteiger charge is -2.38. The maximum atomic E-state index is 14.2. The van der Waals surface area contributed by atoms with Crippen molar-refractivity contribution < 1.29 is 44.2 Å². The molecule has 0 aromatic heterocycles. The van der Waals surface area contributed by atoms with Crippen LogP contribution in [0.1, 0.15) is 5.56 Å². The average Bonchev–Trinajstić information content (AvgIpc) is 2.85. The summed E-state index contributed by atoms with van der Waals surface area (Å²) in [5, 5.41) is 0. The molecule has 204 valence electrons. The summed E-state index contributed by atoms with van der Waals surface area (Å²) in [7, 11) is -2.95. The number of sulfonamides is 1. The molecule has 0 N–H and O–H groups in total. The zero-order chi connectivity index (χ0) is 27.7. The summed E-state index contributed by atoms with van der Waals surface area (Å²) in [6, 6.07) is 11.0. The van der Waals surface area contributed by atoms with E-state index in [0.717, 1.165) is 34.6 Å². The molecule has 6 nitrogen and oxygen atoms in total. The van der Waals surface area contributed by atoms with Crippen LogP contribution in [0.25, 0.3) is 11.1 Å². The van der Waals surface area contributed by atoms with Crippen LogP contribution >= 0.6 is 0 Å². The van der Waals surface area contributed by atoms with Crippen LogP contribution in [0.5, 0.6) is 5.75 Å². The topological polar surface area (TPSA) is 59.1 Å². The van der Waals surface area contributed by atoms with Crippen LogP contribution in [-0.2, 0) is 20.9 Å². The number of ether oxygens (including phenoxy) is 2. The van der Waals surface area contributed by atoms with Gasteiger partial charge in [0.2, 0.25) is 0 Å². The number of halogens is 6. The smallest absolute Gasteiger partial charge is 0.416 e. The van der Waals surface area contributed by atoms with Gasteiger partial charge in [-0.2, -0.15) is 22.0 Å². The Morgan fingerprint density at radius 3 is 2.39 bits per heavy atom. The first kappa shape index (κ1) is 27.6. The van der Waals surface area contributed by atoms with Gasteiger partial charge in [0.25, 0.3) is 10.0 Å². The van der Waals surface area contributed by atoms with Gasteiger partial charge >= 0.3 is 12.8 Å². The number of hydrogen-bond acceptors (Lipinski definition) is 5. The summed E-state index contributed by atoms with van der Waals surface area (Å²) in [5.74, 6) is -1.28. The molecule has 0 radical (unpaired) electrons. The summed E-state index contributed by atoms with van der Waals surface area (Å²) in [6.45, 7) is -2.34. The highest BCUT2D eigenvalue weighted by Crippen LogP contribution is 2.41. The van der Waals surface area contributed by atoms with E-state index in [2.05, 4.69) is 4.74 Å². The van der Waals surface area contributed by atoms with Gasteiger partial charge in [0.05, 0.1) is 35.0 Å². The Bertz CT molecular complexity index is 1420. The van der Waals surface area contributed by atoms with E-state index in [-0.39, 0.29) is 29.9 Å². The van der Waals surface area contributed by atoms with Crippen molar-refractivity contribution in [2.75, 3.05) is 42.6 Å². The molecule has 1 heterocycles. The molecule has 0 saturated carbocycles. The second-order valence-corrected chi connectivity index (χ2v) is 10.2. The fourth-order valence-corrected chi connectivity index (χ4v) is 5.67. The molecule has 3 aromatic carbocycles. The van der Waals surface area contributed by atoms with Crippen molar-refractivity contribution in [3.05, 3.63) is 72.0 Å². The molecule has 38 heavy (non-hydrogen) atoms. The Labute approximate surface area is 215 Å². The van der Waals surface area contributed by atoms with Crippen molar-refractivity contribution in [3.63, 3.8) is 0 Å². The first-order chi connectivity index (χ1) is 17.9. The predicted octanol–water partition coefficient (Wildman–Crippen LogP) is 5.77. The van der Waals surface area contributed by atoms with Crippen LogP contribution in [0.15, 0.2) is 65.6 Å². The van der Waals surface area contributed by atoms with E-state index in [9.17, 15) is 34.8 Å². The van der Waals surface area contributed by atoms with Crippen molar-refractivity contribution in [1.29, 1.82) is 0 Å². The molecule has 0 atom stereocenters. The minimum atomic E-state index is -4.75. The molecule has 1 aliphatic rings. The Morgan fingerprint density at radius 1 is 0.947 bits per heavy atom. The lowest BCUT2D eigenvalue weighted by atomic mass is 10.0. The molecule has 0 spiro atoms. The second-order valence-electron chi connectivity index (χ2n) is 8.34. The third-order valence-electron chi connectivity index (χ3n) is 5.90. The monoisotopic (exact) mass is 560 g/mol. The zero-order valence-corrected chi connectivity index (χ0v) is 20.7. The van der Waals surface area contributed by atoms with Crippen LogP contribution in [0.3, 0.4) is 0 Å². The van der Waals surface area contributed by atoms with E-state index in [1.165, 1.54) is 19.2 Å². The third kappa shape index (κ3) is 5.83. The number of rotatable bonds is 8. The SMILES string of the molecule is COCCN1CCN(S(=O)(=O)c2cccc(C(F)(F)F)c2)c2cc(-c3cc(F)cc(OC(F)F)c3)ccc21. The Kier molecular flexibility index (Phi) is 7.79.